The summed E-state index contributed by atoms with van der Waals surface area (Å²) >= 11 is 0. The van der Waals surface area contributed by atoms with Crippen molar-refractivity contribution in [3.63, 3.8) is 0 Å². The van der Waals surface area contributed by atoms with E-state index in [9.17, 15) is 5.11 Å². The predicted molar refractivity (Wildman–Crippen MR) is 52.7 cm³/mol. The van der Waals surface area contributed by atoms with Gasteiger partial charge in [0.2, 0.25) is 0 Å². The molecule has 0 aliphatic carbocycles. The van der Waals surface area contributed by atoms with E-state index in [-0.39, 0.29) is 0 Å². The van der Waals surface area contributed by atoms with Crippen LogP contribution >= 0.6 is 0 Å². The number of hydrogen-bond donors (Lipinski definition) is 2. The number of benzene rings is 1. The topological polar surface area (TPSA) is 40.5 Å². The number of rotatable bonds is 4. The summed E-state index contributed by atoms with van der Waals surface area (Å²) in [6.07, 6.45) is 4.59. The van der Waals surface area contributed by atoms with Crippen molar-refractivity contribution in [2.45, 2.75) is 12.8 Å². The Morgan fingerprint density at radius 2 is 2.08 bits per heavy atom. The third-order valence-electron chi connectivity index (χ3n) is 1.79. The lowest BCUT2D eigenvalue weighted by Gasteiger charge is -2.00. The number of para-hydroxylation sites is 1. The molecule has 1 aromatic carbocycles. The lowest BCUT2D eigenvalue weighted by molar-refractivity contribution is 0.342. The molecule has 0 spiro atoms. The zero-order valence-corrected chi connectivity index (χ0v) is 7.35. The summed E-state index contributed by atoms with van der Waals surface area (Å²) in [6, 6.07) is 7.17. The second-order valence-electron chi connectivity index (χ2n) is 2.74. The summed E-state index contributed by atoms with van der Waals surface area (Å²) in [7, 11) is 0. The van der Waals surface area contributed by atoms with Gasteiger partial charge < -0.3 is 10.2 Å². The predicted octanol–water partition coefficient (Wildman–Crippen LogP) is 1.87. The molecular weight excluding hydrogens is 164 g/mol. The average molecular weight is 179 g/mol. The molecule has 0 heterocycles. The third kappa shape index (κ3) is 3.30. The van der Waals surface area contributed by atoms with E-state index in [4.69, 9.17) is 6.48 Å². The standard InChI is InChI=1S/C11H14O2/c12-9-5-1-2-6-10-7-3-4-8-11(10)13/h1,3-5,7-8,12-13H,2,6,9H2/b5-1+/i9D/t9-/m0/s1. The average Bonchev–Trinajstić information content (AvgIpc) is 2.15. The van der Waals surface area contributed by atoms with Crippen molar-refractivity contribution >= 4 is 0 Å². The molecule has 0 amide bonds. The van der Waals surface area contributed by atoms with Crippen molar-refractivity contribution in [3.8, 4) is 5.75 Å². The maximum Gasteiger partial charge on any atom is 0.118 e. The maximum atomic E-state index is 9.41. The Morgan fingerprint density at radius 3 is 2.77 bits per heavy atom. The van der Waals surface area contributed by atoms with Gasteiger partial charge in [0.05, 0.1) is 7.95 Å². The molecular formula is C11H14O2. The minimum Gasteiger partial charge on any atom is -0.508 e. The number of allylic oxidation sites excluding steroid dienone is 1. The first-order valence-electron chi connectivity index (χ1n) is 4.81. The normalized spacial score (nSPS) is 14.4. The largest absolute Gasteiger partial charge is 0.508 e. The van der Waals surface area contributed by atoms with Crippen molar-refractivity contribution in [2.24, 2.45) is 0 Å². The molecule has 0 radical (unpaired) electrons. The highest BCUT2D eigenvalue weighted by Crippen LogP contribution is 2.17. The smallest absolute Gasteiger partial charge is 0.118 e. The van der Waals surface area contributed by atoms with Gasteiger partial charge in [-0.3, -0.25) is 0 Å². The van der Waals surface area contributed by atoms with Gasteiger partial charge in [-0.1, -0.05) is 30.4 Å². The minimum absolute atomic E-state index is 0.298. The van der Waals surface area contributed by atoms with Gasteiger partial charge >= 0.3 is 0 Å². The highest BCUT2D eigenvalue weighted by atomic mass is 16.3. The van der Waals surface area contributed by atoms with E-state index < -0.39 is 6.58 Å². The summed E-state index contributed by atoms with van der Waals surface area (Å²) in [5.74, 6) is 0.298. The first kappa shape index (κ1) is 8.32. The number of aromatic hydroxyl groups is 1. The number of hydrogen-bond acceptors (Lipinski definition) is 2. The van der Waals surface area contributed by atoms with E-state index in [2.05, 4.69) is 0 Å². The number of phenols is 1. The Balaban J connectivity index is 2.42. The first-order valence-corrected chi connectivity index (χ1v) is 4.24. The van der Waals surface area contributed by atoms with Gasteiger partial charge in [0.25, 0.3) is 0 Å². The lowest BCUT2D eigenvalue weighted by atomic mass is 10.1. The number of phenolic OH excluding ortho intramolecular Hbond substituents is 1. The second-order valence-corrected chi connectivity index (χ2v) is 2.74. The van der Waals surface area contributed by atoms with E-state index in [0.717, 1.165) is 12.0 Å². The highest BCUT2D eigenvalue weighted by molar-refractivity contribution is 5.31. The third-order valence-corrected chi connectivity index (χ3v) is 1.79. The Morgan fingerprint density at radius 1 is 1.31 bits per heavy atom. The molecule has 70 valence electrons. The Hall–Kier alpha value is -1.28. The van der Waals surface area contributed by atoms with E-state index in [0.29, 0.717) is 12.2 Å². The quantitative estimate of drug-likeness (QED) is 0.693. The summed E-state index contributed by atoms with van der Waals surface area (Å²) in [6.45, 7) is -1.14. The molecule has 0 aromatic heterocycles. The van der Waals surface area contributed by atoms with Crippen molar-refractivity contribution in [1.82, 2.24) is 0 Å². The van der Waals surface area contributed by atoms with Crippen LogP contribution in [0.2, 0.25) is 0 Å². The summed E-state index contributed by atoms with van der Waals surface area (Å²) in [5, 5.41) is 18.0. The monoisotopic (exact) mass is 179 g/mol. The van der Waals surface area contributed by atoms with Crippen molar-refractivity contribution < 1.29 is 11.6 Å². The van der Waals surface area contributed by atoms with Crippen LogP contribution in [0, 0.1) is 0 Å². The molecule has 0 fully saturated rings. The van der Waals surface area contributed by atoms with Crippen LogP contribution < -0.4 is 0 Å². The number of aryl methyl sites for hydroxylation is 1. The molecule has 2 heteroatoms. The van der Waals surface area contributed by atoms with Crippen LogP contribution in [0.1, 0.15) is 13.4 Å². The van der Waals surface area contributed by atoms with Crippen molar-refractivity contribution in [1.29, 1.82) is 0 Å². The molecule has 1 atom stereocenters. The first-order chi connectivity index (χ1) is 6.70. The van der Waals surface area contributed by atoms with Crippen LogP contribution in [0.25, 0.3) is 0 Å². The van der Waals surface area contributed by atoms with Gasteiger partial charge in [-0.15, -0.1) is 0 Å². The van der Waals surface area contributed by atoms with Crippen LogP contribution in [0.4, 0.5) is 0 Å². The van der Waals surface area contributed by atoms with Crippen molar-refractivity contribution in [2.75, 3.05) is 6.58 Å². The second kappa shape index (κ2) is 5.38. The van der Waals surface area contributed by atoms with Crippen LogP contribution in [-0.2, 0) is 6.42 Å². The van der Waals surface area contributed by atoms with Gasteiger partial charge in [0, 0.05) is 0 Å². The van der Waals surface area contributed by atoms with E-state index in [1.807, 2.05) is 12.1 Å². The zero-order chi connectivity index (χ0) is 10.4. The van der Waals surface area contributed by atoms with E-state index in [1.165, 1.54) is 6.08 Å². The Kier molecular flexibility index (Phi) is 3.45. The van der Waals surface area contributed by atoms with Gasteiger partial charge in [-0.05, 0) is 24.5 Å². The molecule has 2 N–H and O–H groups in total. The van der Waals surface area contributed by atoms with Crippen LogP contribution in [-0.4, -0.2) is 16.8 Å². The van der Waals surface area contributed by atoms with Gasteiger partial charge in [0.15, 0.2) is 0 Å². The molecule has 0 saturated carbocycles. The molecule has 0 saturated heterocycles. The fourth-order valence-corrected chi connectivity index (χ4v) is 1.12. The SMILES string of the molecule is [2H][C@H](O)/C=C/CCc1ccccc1O. The van der Waals surface area contributed by atoms with Gasteiger partial charge in [-0.2, -0.15) is 0 Å². The fourth-order valence-electron chi connectivity index (χ4n) is 1.12. The molecule has 0 aliphatic rings. The van der Waals surface area contributed by atoms with E-state index in [1.54, 1.807) is 18.2 Å². The molecule has 0 aliphatic heterocycles. The molecule has 0 unspecified atom stereocenters. The van der Waals surface area contributed by atoms with Crippen LogP contribution in [0.3, 0.4) is 0 Å². The number of aliphatic hydroxyl groups is 1. The zero-order valence-electron chi connectivity index (χ0n) is 8.35. The molecule has 0 bridgehead atoms. The molecule has 1 aromatic rings. The highest BCUT2D eigenvalue weighted by Gasteiger charge is 1.96. The van der Waals surface area contributed by atoms with Crippen LogP contribution in [0.5, 0.6) is 5.75 Å². The summed E-state index contributed by atoms with van der Waals surface area (Å²) < 4.78 is 6.82. The summed E-state index contributed by atoms with van der Waals surface area (Å²) in [5.41, 5.74) is 0.886. The minimum atomic E-state index is -1.14. The van der Waals surface area contributed by atoms with Crippen molar-refractivity contribution in [3.05, 3.63) is 42.0 Å². The lowest BCUT2D eigenvalue weighted by Crippen LogP contribution is -1.83. The summed E-state index contributed by atoms with van der Waals surface area (Å²) in [4.78, 5) is 0. The fraction of sp³-hybridized carbons (Fsp3) is 0.273. The number of aliphatic hydroxyl groups excluding tert-OH is 1. The van der Waals surface area contributed by atoms with Gasteiger partial charge in [-0.25, -0.2) is 0 Å². The maximum absolute atomic E-state index is 9.41. The Labute approximate surface area is 79.6 Å². The van der Waals surface area contributed by atoms with E-state index >= 15 is 0 Å². The van der Waals surface area contributed by atoms with Gasteiger partial charge in [0.1, 0.15) is 5.75 Å². The molecule has 2 nitrogen and oxygen atoms in total. The Bertz CT molecular complexity index is 308. The molecule has 1 rings (SSSR count). The molecule has 13 heavy (non-hydrogen) atoms. The van der Waals surface area contributed by atoms with Crippen LogP contribution in [0.15, 0.2) is 36.4 Å².